The zero-order chi connectivity index (χ0) is 32.8. The van der Waals surface area contributed by atoms with E-state index in [0.29, 0.717) is 13.0 Å². The van der Waals surface area contributed by atoms with E-state index in [1.165, 1.54) is 17.0 Å². The van der Waals surface area contributed by atoms with Crippen molar-refractivity contribution in [3.05, 3.63) is 35.4 Å². The second-order valence-corrected chi connectivity index (χ2v) is 12.8. The molecule has 3 rings (SSSR count). The van der Waals surface area contributed by atoms with Crippen molar-refractivity contribution in [3.8, 4) is 0 Å². The summed E-state index contributed by atoms with van der Waals surface area (Å²) in [5, 5.41) is 17.3. The van der Waals surface area contributed by atoms with Crippen molar-refractivity contribution in [1.29, 1.82) is 0 Å². The molecule has 246 valence electrons. The maximum absolute atomic E-state index is 13.1. The smallest absolute Gasteiger partial charge is 0.746 e. The second-order valence-electron chi connectivity index (χ2n) is 11.4. The van der Waals surface area contributed by atoms with Gasteiger partial charge in [0, 0.05) is 25.6 Å². The summed E-state index contributed by atoms with van der Waals surface area (Å²) in [7, 11) is -5.27. The monoisotopic (exact) mass is 672 g/mol. The Hall–Kier alpha value is -2.44. The fourth-order valence-corrected chi connectivity index (χ4v) is 5.73. The molecule has 0 radical (unpaired) electrons. The number of hydrogen-bond acceptors (Lipinski definition) is 9. The molecule has 0 aliphatic carbocycles. The standard InChI is InChI=1S/C27H37F3N4O9S.Na/c1-15(2)10-20(23(36)32-21(25(38)44(40,41)42)12-17-6-8-31-22(17)35)33-26(39)43-14-18-7-9-34(24(18)37)13-16-4-3-5-19(11-16)27(28,29)30;/h3-5,11,15,17-18,20-21,25,38H,6-10,12-14H2,1-2H3,(H,31,35)(H,32,36)(H,33,39)(H,40,41,42);/q;+1/p-1/t17-,18?,20-,21-,25?;/m0./s1. The molecule has 2 heterocycles. The molecule has 0 spiro atoms. The number of halogens is 3. The van der Waals surface area contributed by atoms with Crippen LogP contribution < -0.4 is 45.5 Å². The molecule has 2 fully saturated rings. The van der Waals surface area contributed by atoms with Gasteiger partial charge in [-0.25, -0.2) is 13.2 Å². The molecule has 0 saturated carbocycles. The number of hydrogen-bond donors (Lipinski definition) is 4. The molecular weight excluding hydrogens is 636 g/mol. The van der Waals surface area contributed by atoms with Gasteiger partial charge in [-0.05, 0) is 49.3 Å². The topological polar surface area (TPSA) is 194 Å². The summed E-state index contributed by atoms with van der Waals surface area (Å²) < 4.78 is 78.8. The number of nitrogens with one attached hydrogen (secondary N) is 3. The fourth-order valence-electron chi connectivity index (χ4n) is 5.15. The van der Waals surface area contributed by atoms with Crippen molar-refractivity contribution in [1.82, 2.24) is 20.9 Å². The van der Waals surface area contributed by atoms with E-state index in [9.17, 15) is 50.4 Å². The maximum Gasteiger partial charge on any atom is 1.00 e. The van der Waals surface area contributed by atoms with E-state index >= 15 is 0 Å². The quantitative estimate of drug-likeness (QED) is 0.136. The Kier molecular flexibility index (Phi) is 14.1. The van der Waals surface area contributed by atoms with Crippen LogP contribution in [0, 0.1) is 17.8 Å². The normalized spacial score (nSPS) is 20.7. The predicted molar refractivity (Wildman–Crippen MR) is 146 cm³/mol. The molecule has 45 heavy (non-hydrogen) atoms. The summed E-state index contributed by atoms with van der Waals surface area (Å²) in [5.74, 6) is -3.45. The zero-order valence-electron chi connectivity index (χ0n) is 25.1. The first-order chi connectivity index (χ1) is 20.5. The summed E-state index contributed by atoms with van der Waals surface area (Å²) in [6.45, 7) is 3.58. The van der Waals surface area contributed by atoms with Crippen LogP contribution in [0.25, 0.3) is 0 Å². The minimum atomic E-state index is -5.27. The van der Waals surface area contributed by atoms with Crippen molar-refractivity contribution in [2.75, 3.05) is 19.7 Å². The Morgan fingerprint density at radius 3 is 2.44 bits per heavy atom. The van der Waals surface area contributed by atoms with Gasteiger partial charge in [-0.1, -0.05) is 26.0 Å². The number of aliphatic hydroxyl groups excluding tert-OH is 1. The first-order valence-corrected chi connectivity index (χ1v) is 15.5. The van der Waals surface area contributed by atoms with Crippen LogP contribution in [0.5, 0.6) is 0 Å². The van der Waals surface area contributed by atoms with Crippen molar-refractivity contribution < 1.29 is 84.7 Å². The minimum absolute atomic E-state index is 0. The Balaban J connectivity index is 0.00000705. The molecule has 5 atom stereocenters. The zero-order valence-corrected chi connectivity index (χ0v) is 27.9. The number of alkyl halides is 3. The van der Waals surface area contributed by atoms with Gasteiger partial charge < -0.3 is 35.2 Å². The molecule has 0 aromatic heterocycles. The third-order valence-electron chi connectivity index (χ3n) is 7.44. The van der Waals surface area contributed by atoms with Crippen LogP contribution in [0.15, 0.2) is 24.3 Å². The first kappa shape index (κ1) is 38.7. The molecular formula is C27H36F3N4NaO9S. The van der Waals surface area contributed by atoms with E-state index in [2.05, 4.69) is 16.0 Å². The summed E-state index contributed by atoms with van der Waals surface area (Å²) in [6, 6.07) is 1.69. The molecule has 1 aromatic carbocycles. The number of nitrogens with zero attached hydrogens (tertiary/aromatic N) is 1. The Morgan fingerprint density at radius 1 is 1.18 bits per heavy atom. The summed E-state index contributed by atoms with van der Waals surface area (Å²) >= 11 is 0. The van der Waals surface area contributed by atoms with Gasteiger partial charge in [0.25, 0.3) is 0 Å². The van der Waals surface area contributed by atoms with Gasteiger partial charge in [0.2, 0.25) is 17.7 Å². The van der Waals surface area contributed by atoms with Gasteiger partial charge in [-0.2, -0.15) is 13.2 Å². The summed E-state index contributed by atoms with van der Waals surface area (Å²) in [4.78, 5) is 51.9. The molecule has 1 aromatic rings. The van der Waals surface area contributed by atoms with Crippen LogP contribution in [0.3, 0.4) is 0 Å². The van der Waals surface area contributed by atoms with Gasteiger partial charge in [-0.15, -0.1) is 0 Å². The third-order valence-corrected chi connectivity index (χ3v) is 8.36. The third kappa shape index (κ3) is 11.4. The minimum Gasteiger partial charge on any atom is -0.746 e. The van der Waals surface area contributed by atoms with Crippen LogP contribution in [0.1, 0.15) is 50.7 Å². The van der Waals surface area contributed by atoms with Crippen LogP contribution in [-0.2, 0) is 42.0 Å². The Labute approximate surface area is 281 Å². The second kappa shape index (κ2) is 16.4. The van der Waals surface area contributed by atoms with E-state index in [4.69, 9.17) is 4.74 Å². The largest absolute Gasteiger partial charge is 1.00 e. The van der Waals surface area contributed by atoms with Crippen molar-refractivity contribution in [2.24, 2.45) is 17.8 Å². The fraction of sp³-hybridized carbons (Fsp3) is 0.630. The summed E-state index contributed by atoms with van der Waals surface area (Å²) in [5.41, 5.74) is -3.09. The molecule has 0 bridgehead atoms. The number of rotatable bonds is 13. The van der Waals surface area contributed by atoms with Crippen molar-refractivity contribution in [3.63, 3.8) is 0 Å². The van der Waals surface area contributed by atoms with Crippen LogP contribution in [-0.4, -0.2) is 84.0 Å². The van der Waals surface area contributed by atoms with Gasteiger partial charge in [0.05, 0.1) is 17.5 Å². The van der Waals surface area contributed by atoms with Crippen LogP contribution in [0.2, 0.25) is 0 Å². The van der Waals surface area contributed by atoms with Crippen LogP contribution in [0.4, 0.5) is 18.0 Å². The first-order valence-electron chi connectivity index (χ1n) is 14.0. The van der Waals surface area contributed by atoms with E-state index in [-0.39, 0.29) is 80.0 Å². The molecule has 2 aliphatic rings. The number of carbonyl (C=O) groups excluding carboxylic acids is 4. The molecule has 2 saturated heterocycles. The molecule has 13 nitrogen and oxygen atoms in total. The van der Waals surface area contributed by atoms with Crippen molar-refractivity contribution >= 4 is 33.9 Å². The van der Waals surface area contributed by atoms with Gasteiger partial charge in [-0.3, -0.25) is 14.4 Å². The average molecular weight is 673 g/mol. The van der Waals surface area contributed by atoms with Crippen LogP contribution >= 0.6 is 0 Å². The predicted octanol–water partition coefficient (Wildman–Crippen LogP) is -1.93. The SMILES string of the molecule is CC(C)C[C@H](NC(=O)OCC1CCN(Cc2cccc(C(F)(F)F)c2)C1=O)C(=O)N[C@@H](C[C@@H]1CCNC1=O)C(O)S(=O)(=O)[O-].[Na+]. The number of ether oxygens (including phenoxy) is 1. The number of benzene rings is 1. The molecule has 18 heteroatoms. The molecule has 2 unspecified atom stereocenters. The molecule has 4 N–H and O–H groups in total. The maximum atomic E-state index is 13.1. The number of aliphatic hydroxyl groups is 1. The van der Waals surface area contributed by atoms with Gasteiger partial charge >= 0.3 is 41.8 Å². The van der Waals surface area contributed by atoms with E-state index < -0.39 is 75.0 Å². The summed E-state index contributed by atoms with van der Waals surface area (Å²) in [6.07, 6.45) is -5.31. The van der Waals surface area contributed by atoms with Crippen molar-refractivity contribution in [2.45, 2.75) is 69.8 Å². The Bertz CT molecular complexity index is 1330. The number of alkyl carbamates (subject to hydrolysis) is 1. The van der Waals surface area contributed by atoms with E-state index in [0.717, 1.165) is 12.1 Å². The number of likely N-dealkylation sites (tertiary alicyclic amines) is 1. The van der Waals surface area contributed by atoms with Gasteiger partial charge in [0.15, 0.2) is 5.44 Å². The average Bonchev–Trinajstić information content (AvgIpc) is 3.49. The van der Waals surface area contributed by atoms with E-state index in [1.54, 1.807) is 13.8 Å². The van der Waals surface area contributed by atoms with E-state index in [1.807, 2.05) is 0 Å². The molecule has 2 aliphatic heterocycles. The number of amides is 4. The Morgan fingerprint density at radius 2 is 1.87 bits per heavy atom. The number of carbonyl (C=O) groups is 4. The molecule has 4 amide bonds. The van der Waals surface area contributed by atoms with Gasteiger partial charge in [0.1, 0.15) is 22.8 Å².